The molecule has 146 valence electrons. The molecule has 8 heteroatoms. The van der Waals surface area contributed by atoms with Crippen LogP contribution in [0.5, 0.6) is 5.75 Å². The van der Waals surface area contributed by atoms with Gasteiger partial charge in [0.15, 0.2) is 0 Å². The fraction of sp³-hybridized carbons (Fsp3) is 0.350. The molecule has 4 rings (SSSR count). The zero-order valence-corrected chi connectivity index (χ0v) is 15.8. The SMILES string of the molecule is COc1ccccc1-c1c(C)nn2c(=O)cc(C3CCN(C(=O)O)CC3)[nH]c12. The number of hydrogen-bond acceptors (Lipinski definition) is 4. The minimum atomic E-state index is -0.896. The molecule has 0 bridgehead atoms. The predicted molar refractivity (Wildman–Crippen MR) is 104 cm³/mol. The number of carboxylic acid groups (broad SMARTS) is 1. The van der Waals surface area contributed by atoms with Crippen LogP contribution in [0, 0.1) is 6.92 Å². The van der Waals surface area contributed by atoms with Gasteiger partial charge in [0.1, 0.15) is 11.4 Å². The van der Waals surface area contributed by atoms with E-state index in [-0.39, 0.29) is 11.5 Å². The fourth-order valence-electron chi connectivity index (χ4n) is 3.94. The number of H-pyrrole nitrogens is 1. The van der Waals surface area contributed by atoms with Gasteiger partial charge >= 0.3 is 6.09 Å². The lowest BCUT2D eigenvalue weighted by Gasteiger charge is -2.29. The number of nitrogens with one attached hydrogen (secondary N) is 1. The van der Waals surface area contributed by atoms with E-state index < -0.39 is 6.09 Å². The van der Waals surface area contributed by atoms with Crippen molar-refractivity contribution in [3.05, 3.63) is 52.1 Å². The first kappa shape index (κ1) is 18.1. The molecule has 2 aromatic heterocycles. The van der Waals surface area contributed by atoms with Gasteiger partial charge in [-0.15, -0.1) is 0 Å². The highest BCUT2D eigenvalue weighted by Gasteiger charge is 2.25. The smallest absolute Gasteiger partial charge is 0.407 e. The molecule has 3 heterocycles. The summed E-state index contributed by atoms with van der Waals surface area (Å²) in [6.45, 7) is 2.79. The summed E-state index contributed by atoms with van der Waals surface area (Å²) in [4.78, 5) is 28.7. The standard InChI is InChI=1S/C20H22N4O4/c1-12-18(14-5-3-4-6-16(14)28-2)19-21-15(11-17(25)24(19)22-12)13-7-9-23(10-8-13)20(26)27/h3-6,11,13,21H,7-10H2,1-2H3,(H,26,27). The number of fused-ring (bicyclic) bond motifs is 1. The lowest BCUT2D eigenvalue weighted by molar-refractivity contribution is 0.131. The summed E-state index contributed by atoms with van der Waals surface area (Å²) in [5.41, 5.74) is 3.68. The van der Waals surface area contributed by atoms with Gasteiger partial charge in [0, 0.05) is 36.3 Å². The van der Waals surface area contributed by atoms with Crippen molar-refractivity contribution < 1.29 is 14.6 Å². The maximum atomic E-state index is 12.7. The predicted octanol–water partition coefficient (Wildman–Crippen LogP) is 2.86. The van der Waals surface area contributed by atoms with Crippen LogP contribution in [0.1, 0.15) is 30.1 Å². The summed E-state index contributed by atoms with van der Waals surface area (Å²) >= 11 is 0. The second-order valence-corrected chi connectivity index (χ2v) is 7.03. The maximum Gasteiger partial charge on any atom is 0.407 e. The molecule has 1 aliphatic heterocycles. The molecule has 2 N–H and O–H groups in total. The molecule has 1 fully saturated rings. The van der Waals surface area contributed by atoms with E-state index >= 15 is 0 Å². The average molecular weight is 382 g/mol. The van der Waals surface area contributed by atoms with Crippen LogP contribution in [0.4, 0.5) is 4.79 Å². The van der Waals surface area contributed by atoms with Crippen LogP contribution in [-0.4, -0.2) is 50.9 Å². The van der Waals surface area contributed by atoms with Gasteiger partial charge in [-0.05, 0) is 25.8 Å². The average Bonchev–Trinajstić information content (AvgIpc) is 3.04. The molecule has 0 aliphatic carbocycles. The molecule has 1 amide bonds. The summed E-state index contributed by atoms with van der Waals surface area (Å²) in [6.07, 6.45) is 0.456. The number of aromatic amines is 1. The third-order valence-corrected chi connectivity index (χ3v) is 5.39. The van der Waals surface area contributed by atoms with Crippen LogP contribution in [0.3, 0.4) is 0 Å². The number of piperidine rings is 1. The quantitative estimate of drug-likeness (QED) is 0.726. The molecule has 0 saturated carbocycles. The fourth-order valence-corrected chi connectivity index (χ4v) is 3.94. The third-order valence-electron chi connectivity index (χ3n) is 5.39. The van der Waals surface area contributed by atoms with E-state index in [1.54, 1.807) is 13.2 Å². The van der Waals surface area contributed by atoms with Gasteiger partial charge in [-0.2, -0.15) is 9.61 Å². The molecule has 0 spiro atoms. The van der Waals surface area contributed by atoms with Gasteiger partial charge in [-0.3, -0.25) is 4.79 Å². The maximum absolute atomic E-state index is 12.7. The minimum Gasteiger partial charge on any atom is -0.496 e. The molecule has 1 aliphatic rings. The van der Waals surface area contributed by atoms with E-state index in [0.717, 1.165) is 22.5 Å². The molecule has 0 radical (unpaired) electrons. The van der Waals surface area contributed by atoms with E-state index in [2.05, 4.69) is 10.1 Å². The first-order valence-electron chi connectivity index (χ1n) is 9.23. The molecule has 0 unspecified atom stereocenters. The molecular weight excluding hydrogens is 360 g/mol. The molecule has 1 saturated heterocycles. The zero-order chi connectivity index (χ0) is 19.8. The highest BCUT2D eigenvalue weighted by atomic mass is 16.5. The van der Waals surface area contributed by atoms with Crippen molar-refractivity contribution >= 4 is 11.7 Å². The number of hydrogen-bond donors (Lipinski definition) is 2. The largest absolute Gasteiger partial charge is 0.496 e. The van der Waals surface area contributed by atoms with Crippen molar-refractivity contribution in [2.45, 2.75) is 25.7 Å². The van der Waals surface area contributed by atoms with Crippen LogP contribution < -0.4 is 10.3 Å². The van der Waals surface area contributed by atoms with Crippen molar-refractivity contribution in [2.75, 3.05) is 20.2 Å². The summed E-state index contributed by atoms with van der Waals surface area (Å²) < 4.78 is 6.88. The zero-order valence-electron chi connectivity index (χ0n) is 15.8. The van der Waals surface area contributed by atoms with Crippen molar-refractivity contribution in [3.8, 4) is 16.9 Å². The van der Waals surface area contributed by atoms with E-state index in [1.165, 1.54) is 9.42 Å². The van der Waals surface area contributed by atoms with Crippen LogP contribution in [0.25, 0.3) is 16.8 Å². The lowest BCUT2D eigenvalue weighted by Crippen LogP contribution is -2.37. The Morgan fingerprint density at radius 3 is 2.68 bits per heavy atom. The minimum absolute atomic E-state index is 0.106. The van der Waals surface area contributed by atoms with E-state index in [1.807, 2.05) is 31.2 Å². The first-order chi connectivity index (χ1) is 13.5. The van der Waals surface area contributed by atoms with Crippen molar-refractivity contribution in [3.63, 3.8) is 0 Å². The number of aromatic nitrogens is 3. The topological polar surface area (TPSA) is 99.9 Å². The van der Waals surface area contributed by atoms with Gasteiger partial charge in [0.2, 0.25) is 0 Å². The van der Waals surface area contributed by atoms with E-state index in [9.17, 15) is 9.59 Å². The second-order valence-electron chi connectivity index (χ2n) is 7.03. The van der Waals surface area contributed by atoms with Crippen molar-refractivity contribution in [2.24, 2.45) is 0 Å². The molecule has 8 nitrogen and oxygen atoms in total. The molecule has 0 atom stereocenters. The summed E-state index contributed by atoms with van der Waals surface area (Å²) in [5.74, 6) is 0.815. The Balaban J connectivity index is 1.80. The molecule has 28 heavy (non-hydrogen) atoms. The van der Waals surface area contributed by atoms with Gasteiger partial charge in [-0.25, -0.2) is 4.79 Å². The number of para-hydroxylation sites is 1. The monoisotopic (exact) mass is 382 g/mol. The Labute approximate surface area is 161 Å². The number of aryl methyl sites for hydroxylation is 1. The van der Waals surface area contributed by atoms with Crippen LogP contribution in [0.2, 0.25) is 0 Å². The van der Waals surface area contributed by atoms with Crippen LogP contribution in [-0.2, 0) is 0 Å². The number of likely N-dealkylation sites (tertiary alicyclic amines) is 1. The number of rotatable bonds is 3. The van der Waals surface area contributed by atoms with Gasteiger partial charge in [-0.1, -0.05) is 18.2 Å². The Morgan fingerprint density at radius 1 is 1.29 bits per heavy atom. The van der Waals surface area contributed by atoms with Gasteiger partial charge < -0.3 is 19.7 Å². The molecular formula is C20H22N4O4. The normalized spacial score (nSPS) is 15.1. The number of carbonyl (C=O) groups is 1. The summed E-state index contributed by atoms with van der Waals surface area (Å²) in [7, 11) is 1.62. The molecule has 3 aromatic rings. The lowest BCUT2D eigenvalue weighted by atomic mass is 9.93. The first-order valence-corrected chi connectivity index (χ1v) is 9.23. The summed E-state index contributed by atoms with van der Waals surface area (Å²) in [6, 6.07) is 9.21. The Kier molecular flexibility index (Phi) is 4.54. The van der Waals surface area contributed by atoms with Gasteiger partial charge in [0.05, 0.1) is 18.4 Å². The number of amides is 1. The van der Waals surface area contributed by atoms with Crippen LogP contribution >= 0.6 is 0 Å². The van der Waals surface area contributed by atoms with E-state index in [4.69, 9.17) is 9.84 Å². The van der Waals surface area contributed by atoms with Gasteiger partial charge in [0.25, 0.3) is 5.56 Å². The van der Waals surface area contributed by atoms with Crippen molar-refractivity contribution in [1.82, 2.24) is 19.5 Å². The molecule has 1 aromatic carbocycles. The Morgan fingerprint density at radius 2 is 2.00 bits per heavy atom. The third kappa shape index (κ3) is 3.00. The Hall–Kier alpha value is -3.29. The summed E-state index contributed by atoms with van der Waals surface area (Å²) in [5, 5.41) is 13.6. The number of nitrogens with zero attached hydrogens (tertiary/aromatic N) is 3. The number of ether oxygens (including phenoxy) is 1. The van der Waals surface area contributed by atoms with Crippen molar-refractivity contribution in [1.29, 1.82) is 0 Å². The Bertz CT molecular complexity index is 1090. The van der Waals surface area contributed by atoms with Crippen LogP contribution in [0.15, 0.2) is 35.1 Å². The number of methoxy groups -OCH3 is 1. The van der Waals surface area contributed by atoms with E-state index in [0.29, 0.717) is 37.3 Å². The second kappa shape index (κ2) is 7.03. The highest BCUT2D eigenvalue weighted by Crippen LogP contribution is 2.35. The highest BCUT2D eigenvalue weighted by molar-refractivity contribution is 5.83. The number of benzene rings is 1.